The molecule has 0 aromatic heterocycles. The number of hydrogen-bond donors (Lipinski definition) is 2. The molecule has 2 aromatic rings. The Morgan fingerprint density at radius 3 is 1.23 bits per heavy atom. The third-order valence-corrected chi connectivity index (χ3v) is 5.35. The second-order valence-electron chi connectivity index (χ2n) is 6.24. The Morgan fingerprint density at radius 2 is 0.909 bits per heavy atom. The zero-order valence-corrected chi connectivity index (χ0v) is 11.7. The Kier molecular flexibility index (Phi) is 2.16. The summed E-state index contributed by atoms with van der Waals surface area (Å²) in [6, 6.07) is 16.4. The van der Waals surface area contributed by atoms with E-state index in [1.165, 1.54) is 22.3 Å². The predicted molar refractivity (Wildman–Crippen MR) is 79.8 cm³/mol. The maximum absolute atomic E-state index is 12.5. The SMILES string of the molecule is O=C1NNC(=O)[C@H]2C3c4ccccc4C(c4ccccc43)[C@H]12. The minimum atomic E-state index is -0.316. The summed E-state index contributed by atoms with van der Waals surface area (Å²) in [6.07, 6.45) is 0. The number of rotatable bonds is 0. The van der Waals surface area contributed by atoms with Gasteiger partial charge in [0.2, 0.25) is 11.8 Å². The first kappa shape index (κ1) is 12.0. The van der Waals surface area contributed by atoms with E-state index in [0.717, 1.165) is 0 Å². The molecule has 0 unspecified atom stereocenters. The van der Waals surface area contributed by atoms with E-state index in [0.29, 0.717) is 0 Å². The average molecular weight is 290 g/mol. The van der Waals surface area contributed by atoms with Gasteiger partial charge in [-0.2, -0.15) is 0 Å². The van der Waals surface area contributed by atoms with Crippen LogP contribution in [0.2, 0.25) is 0 Å². The van der Waals surface area contributed by atoms with Crippen LogP contribution in [0.4, 0.5) is 0 Å². The lowest BCUT2D eigenvalue weighted by Crippen LogP contribution is -2.62. The zero-order chi connectivity index (χ0) is 14.8. The van der Waals surface area contributed by atoms with Crippen molar-refractivity contribution in [3.8, 4) is 0 Å². The van der Waals surface area contributed by atoms with Gasteiger partial charge in [-0.05, 0) is 22.3 Å². The molecule has 1 aliphatic heterocycles. The third-order valence-electron chi connectivity index (χ3n) is 5.35. The van der Waals surface area contributed by atoms with Crippen LogP contribution in [-0.2, 0) is 9.59 Å². The summed E-state index contributed by atoms with van der Waals surface area (Å²) in [4.78, 5) is 24.9. The maximum atomic E-state index is 12.5. The van der Waals surface area contributed by atoms with Crippen molar-refractivity contribution in [1.82, 2.24) is 10.9 Å². The number of hydrogen-bond acceptors (Lipinski definition) is 2. The van der Waals surface area contributed by atoms with Crippen LogP contribution in [0, 0.1) is 11.8 Å². The fourth-order valence-corrected chi connectivity index (χ4v) is 4.60. The quantitative estimate of drug-likeness (QED) is 0.775. The Hall–Kier alpha value is -2.62. The van der Waals surface area contributed by atoms with Crippen LogP contribution < -0.4 is 10.9 Å². The molecule has 0 spiro atoms. The molecule has 2 aromatic carbocycles. The normalized spacial score (nSPS) is 30.7. The van der Waals surface area contributed by atoms with Gasteiger partial charge in [0.1, 0.15) is 0 Å². The highest BCUT2D eigenvalue weighted by atomic mass is 16.2. The number of nitrogens with one attached hydrogen (secondary N) is 2. The Balaban J connectivity index is 1.85. The van der Waals surface area contributed by atoms with Gasteiger partial charge in [0, 0.05) is 11.8 Å². The van der Waals surface area contributed by atoms with Crippen molar-refractivity contribution in [3.05, 3.63) is 70.8 Å². The van der Waals surface area contributed by atoms with Gasteiger partial charge in [0.25, 0.3) is 0 Å². The second-order valence-corrected chi connectivity index (χ2v) is 6.24. The van der Waals surface area contributed by atoms with E-state index in [1.807, 2.05) is 24.3 Å². The van der Waals surface area contributed by atoms with Crippen molar-refractivity contribution >= 4 is 11.8 Å². The zero-order valence-electron chi connectivity index (χ0n) is 11.7. The van der Waals surface area contributed by atoms with Crippen LogP contribution >= 0.6 is 0 Å². The predicted octanol–water partition coefficient (Wildman–Crippen LogP) is 1.67. The van der Waals surface area contributed by atoms with E-state index < -0.39 is 0 Å². The molecule has 1 heterocycles. The molecule has 4 aliphatic rings. The van der Waals surface area contributed by atoms with Gasteiger partial charge in [0.05, 0.1) is 11.8 Å². The molecule has 6 rings (SSSR count). The molecule has 3 aliphatic carbocycles. The fourth-order valence-electron chi connectivity index (χ4n) is 4.60. The van der Waals surface area contributed by atoms with Gasteiger partial charge in [-0.25, -0.2) is 0 Å². The molecule has 2 atom stereocenters. The van der Waals surface area contributed by atoms with Crippen molar-refractivity contribution in [2.45, 2.75) is 11.8 Å². The molecule has 0 radical (unpaired) electrons. The number of hydrazine groups is 1. The van der Waals surface area contributed by atoms with Crippen molar-refractivity contribution in [2.24, 2.45) is 11.8 Å². The molecule has 0 saturated carbocycles. The molecular formula is C18H14N2O2. The van der Waals surface area contributed by atoms with Crippen LogP contribution in [0.15, 0.2) is 48.5 Å². The average Bonchev–Trinajstić information content (AvgIpc) is 2.58. The van der Waals surface area contributed by atoms with E-state index in [4.69, 9.17) is 0 Å². The largest absolute Gasteiger partial charge is 0.273 e. The number of carbonyl (C=O) groups is 2. The molecule has 4 nitrogen and oxygen atoms in total. The van der Waals surface area contributed by atoms with Gasteiger partial charge in [-0.15, -0.1) is 0 Å². The molecular weight excluding hydrogens is 276 g/mol. The highest BCUT2D eigenvalue weighted by Crippen LogP contribution is 2.58. The number of benzene rings is 2. The third kappa shape index (κ3) is 1.28. The van der Waals surface area contributed by atoms with Crippen LogP contribution in [0.1, 0.15) is 34.1 Å². The first-order valence-corrected chi connectivity index (χ1v) is 7.54. The van der Waals surface area contributed by atoms with Crippen LogP contribution in [-0.4, -0.2) is 11.8 Å². The minimum absolute atomic E-state index is 0.0338. The summed E-state index contributed by atoms with van der Waals surface area (Å²) in [6.45, 7) is 0. The van der Waals surface area contributed by atoms with Crippen LogP contribution in [0.3, 0.4) is 0 Å². The second kappa shape index (κ2) is 3.97. The first-order valence-electron chi connectivity index (χ1n) is 7.54. The summed E-state index contributed by atoms with van der Waals surface area (Å²) in [7, 11) is 0. The lowest BCUT2D eigenvalue weighted by molar-refractivity contribution is -0.145. The van der Waals surface area contributed by atoms with E-state index in [2.05, 4.69) is 35.1 Å². The molecule has 4 heteroatoms. The van der Waals surface area contributed by atoms with Gasteiger partial charge < -0.3 is 0 Å². The topological polar surface area (TPSA) is 58.2 Å². The molecule has 2 amide bonds. The summed E-state index contributed by atoms with van der Waals surface area (Å²) in [5.41, 5.74) is 9.85. The van der Waals surface area contributed by atoms with Crippen molar-refractivity contribution in [1.29, 1.82) is 0 Å². The smallest absolute Gasteiger partial charge is 0.243 e. The van der Waals surface area contributed by atoms with Gasteiger partial charge >= 0.3 is 0 Å². The van der Waals surface area contributed by atoms with E-state index in [9.17, 15) is 9.59 Å². The van der Waals surface area contributed by atoms with Crippen molar-refractivity contribution < 1.29 is 9.59 Å². The summed E-state index contributed by atoms with van der Waals surface area (Å²) in [5, 5.41) is 0. The fraction of sp³-hybridized carbons (Fsp3) is 0.222. The van der Waals surface area contributed by atoms with Crippen LogP contribution in [0.5, 0.6) is 0 Å². The molecule has 2 N–H and O–H groups in total. The summed E-state index contributed by atoms with van der Waals surface area (Å²) in [5.74, 6) is -0.860. The Bertz CT molecular complexity index is 714. The molecule has 1 fully saturated rings. The molecule has 1 saturated heterocycles. The van der Waals surface area contributed by atoms with E-state index in [1.54, 1.807) is 0 Å². The van der Waals surface area contributed by atoms with Crippen LogP contribution in [0.25, 0.3) is 0 Å². The minimum Gasteiger partial charge on any atom is -0.273 e. The Labute approximate surface area is 127 Å². The van der Waals surface area contributed by atoms with Gasteiger partial charge in [-0.3, -0.25) is 20.4 Å². The van der Waals surface area contributed by atoms with Gasteiger partial charge in [-0.1, -0.05) is 48.5 Å². The van der Waals surface area contributed by atoms with Gasteiger partial charge in [0.15, 0.2) is 0 Å². The highest BCUT2D eigenvalue weighted by molar-refractivity contribution is 5.96. The monoisotopic (exact) mass is 290 g/mol. The summed E-state index contributed by atoms with van der Waals surface area (Å²) >= 11 is 0. The molecule has 22 heavy (non-hydrogen) atoms. The molecule has 108 valence electrons. The van der Waals surface area contributed by atoms with E-state index >= 15 is 0 Å². The first-order chi connectivity index (χ1) is 10.8. The Morgan fingerprint density at radius 1 is 0.591 bits per heavy atom. The number of carbonyl (C=O) groups excluding carboxylic acids is 2. The van der Waals surface area contributed by atoms with Crippen molar-refractivity contribution in [2.75, 3.05) is 0 Å². The standard InChI is InChI=1S/C18H14N2O2/c21-17-15-13-9-5-1-2-6-10(9)14(16(15)18(22)20-19-17)12-8-4-3-7-11(12)13/h1-8,13-16H,(H,19,21)(H,20,22)/t13?,14?,15-,16-/m0/s1. The lowest BCUT2D eigenvalue weighted by atomic mass is 9.53. The van der Waals surface area contributed by atoms with Crippen molar-refractivity contribution in [3.63, 3.8) is 0 Å². The summed E-state index contributed by atoms with van der Waals surface area (Å²) < 4.78 is 0. The number of amides is 2. The highest BCUT2D eigenvalue weighted by Gasteiger charge is 2.56. The maximum Gasteiger partial charge on any atom is 0.243 e. The lowest BCUT2D eigenvalue weighted by Gasteiger charge is -2.50. The molecule has 2 bridgehead atoms. The van der Waals surface area contributed by atoms with E-state index in [-0.39, 0.29) is 35.5 Å².